The van der Waals surface area contributed by atoms with Gasteiger partial charge in [0.2, 0.25) is 0 Å². The summed E-state index contributed by atoms with van der Waals surface area (Å²) >= 11 is 6.95. The molecular formula is C10H17Br2N3O. The molecule has 0 radical (unpaired) electrons. The van der Waals surface area contributed by atoms with Crippen LogP contribution < -0.4 is 5.32 Å². The van der Waals surface area contributed by atoms with E-state index in [2.05, 4.69) is 60.6 Å². The molecule has 0 unspecified atom stereocenters. The number of nitrogens with zero attached hydrogens (tertiary/aromatic N) is 2. The number of hydrogen-bond acceptors (Lipinski definition) is 3. The van der Waals surface area contributed by atoms with Crippen molar-refractivity contribution in [1.82, 2.24) is 14.9 Å². The van der Waals surface area contributed by atoms with Crippen LogP contribution in [0.3, 0.4) is 0 Å². The topological polar surface area (TPSA) is 39.1 Å². The third-order valence-corrected chi connectivity index (χ3v) is 4.01. The summed E-state index contributed by atoms with van der Waals surface area (Å²) in [6.45, 7) is 6.56. The molecule has 0 aliphatic carbocycles. The molecule has 0 amide bonds. The maximum absolute atomic E-state index is 4.98. The zero-order valence-corrected chi connectivity index (χ0v) is 12.9. The van der Waals surface area contributed by atoms with E-state index >= 15 is 0 Å². The van der Waals surface area contributed by atoms with Gasteiger partial charge >= 0.3 is 0 Å². The van der Waals surface area contributed by atoms with Gasteiger partial charge in [-0.05, 0) is 45.7 Å². The molecule has 0 aliphatic rings. The number of aromatic nitrogens is 2. The van der Waals surface area contributed by atoms with Crippen molar-refractivity contribution in [3.05, 3.63) is 15.0 Å². The van der Waals surface area contributed by atoms with Crippen molar-refractivity contribution in [2.75, 3.05) is 20.3 Å². The summed E-state index contributed by atoms with van der Waals surface area (Å²) in [5, 5.41) is 3.29. The van der Waals surface area contributed by atoms with E-state index in [0.717, 1.165) is 28.1 Å². The van der Waals surface area contributed by atoms with Crippen molar-refractivity contribution >= 4 is 31.9 Å². The van der Waals surface area contributed by atoms with Crippen LogP contribution >= 0.6 is 31.9 Å². The minimum Gasteiger partial charge on any atom is -0.383 e. The molecular weight excluding hydrogens is 338 g/mol. The number of hydrogen-bond donors (Lipinski definition) is 1. The van der Waals surface area contributed by atoms with Crippen molar-refractivity contribution in [3.63, 3.8) is 0 Å². The molecule has 1 N–H and O–H groups in total. The average molecular weight is 355 g/mol. The molecule has 4 nitrogen and oxygen atoms in total. The molecule has 0 aromatic carbocycles. The SMILES string of the molecule is COCCNCc1nc(Br)c(Br)n1C(C)C. The molecule has 1 heterocycles. The van der Waals surface area contributed by atoms with Crippen LogP contribution in [0.2, 0.25) is 0 Å². The predicted octanol–water partition coefficient (Wildman–Crippen LogP) is 2.73. The molecule has 0 saturated carbocycles. The van der Waals surface area contributed by atoms with Gasteiger partial charge in [-0.25, -0.2) is 4.98 Å². The monoisotopic (exact) mass is 353 g/mol. The molecule has 6 heteroatoms. The van der Waals surface area contributed by atoms with E-state index in [1.165, 1.54) is 0 Å². The Labute approximate surface area is 113 Å². The Morgan fingerprint density at radius 2 is 2.12 bits per heavy atom. The number of imidazole rings is 1. The van der Waals surface area contributed by atoms with E-state index in [4.69, 9.17) is 4.74 Å². The number of halogens is 2. The first-order valence-corrected chi connectivity index (χ1v) is 6.78. The Bertz CT molecular complexity index is 339. The van der Waals surface area contributed by atoms with Crippen molar-refractivity contribution < 1.29 is 4.74 Å². The fourth-order valence-corrected chi connectivity index (χ4v) is 2.55. The van der Waals surface area contributed by atoms with Crippen LogP contribution in [0, 0.1) is 0 Å². The Balaban J connectivity index is 2.68. The van der Waals surface area contributed by atoms with Crippen LogP contribution in [0.25, 0.3) is 0 Å². The number of nitrogens with one attached hydrogen (secondary N) is 1. The summed E-state index contributed by atoms with van der Waals surface area (Å²) in [4.78, 5) is 4.46. The molecule has 1 rings (SSSR count). The molecule has 1 aromatic heterocycles. The Morgan fingerprint density at radius 1 is 1.44 bits per heavy atom. The van der Waals surface area contributed by atoms with E-state index in [-0.39, 0.29) is 0 Å². The lowest BCUT2D eigenvalue weighted by atomic mass is 10.4. The van der Waals surface area contributed by atoms with Crippen LogP contribution in [0.15, 0.2) is 9.21 Å². The minimum absolute atomic E-state index is 0.382. The van der Waals surface area contributed by atoms with Gasteiger partial charge in [-0.3, -0.25) is 0 Å². The van der Waals surface area contributed by atoms with E-state index in [1.807, 2.05) is 0 Å². The second-order valence-electron chi connectivity index (χ2n) is 3.74. The molecule has 16 heavy (non-hydrogen) atoms. The van der Waals surface area contributed by atoms with Crippen LogP contribution in [-0.4, -0.2) is 29.8 Å². The van der Waals surface area contributed by atoms with Gasteiger partial charge in [0, 0.05) is 19.7 Å². The van der Waals surface area contributed by atoms with Crippen molar-refractivity contribution in [2.24, 2.45) is 0 Å². The first-order valence-electron chi connectivity index (χ1n) is 5.19. The standard InChI is InChI=1S/C10H17Br2N3O/c1-7(2)15-8(6-13-4-5-16-3)14-9(11)10(15)12/h7,13H,4-6H2,1-3H3. The fraction of sp³-hybridized carbons (Fsp3) is 0.700. The molecule has 0 aliphatic heterocycles. The van der Waals surface area contributed by atoms with Gasteiger partial charge in [-0.1, -0.05) is 0 Å². The highest BCUT2D eigenvalue weighted by atomic mass is 79.9. The largest absolute Gasteiger partial charge is 0.383 e. The van der Waals surface area contributed by atoms with Crippen molar-refractivity contribution in [3.8, 4) is 0 Å². The van der Waals surface area contributed by atoms with E-state index in [0.29, 0.717) is 12.6 Å². The maximum atomic E-state index is 4.98. The van der Waals surface area contributed by atoms with Crippen LogP contribution in [0.4, 0.5) is 0 Å². The number of rotatable bonds is 6. The number of methoxy groups -OCH3 is 1. The highest BCUT2D eigenvalue weighted by Crippen LogP contribution is 2.27. The van der Waals surface area contributed by atoms with Crippen molar-refractivity contribution in [1.29, 1.82) is 0 Å². The zero-order chi connectivity index (χ0) is 12.1. The fourth-order valence-electron chi connectivity index (χ4n) is 1.45. The summed E-state index contributed by atoms with van der Waals surface area (Å²) in [5.41, 5.74) is 0. The Kier molecular flexibility index (Phi) is 5.96. The number of ether oxygens (including phenoxy) is 1. The van der Waals surface area contributed by atoms with E-state index in [9.17, 15) is 0 Å². The molecule has 92 valence electrons. The average Bonchev–Trinajstić information content (AvgIpc) is 2.50. The summed E-state index contributed by atoms with van der Waals surface area (Å²) in [6.07, 6.45) is 0. The van der Waals surface area contributed by atoms with Gasteiger partial charge < -0.3 is 14.6 Å². The Hall–Kier alpha value is 0.0900. The van der Waals surface area contributed by atoms with E-state index < -0.39 is 0 Å². The highest BCUT2D eigenvalue weighted by molar-refractivity contribution is 9.13. The summed E-state index contributed by atoms with van der Waals surface area (Å²) in [5.74, 6) is 1.02. The lowest BCUT2D eigenvalue weighted by Crippen LogP contribution is -2.21. The van der Waals surface area contributed by atoms with Gasteiger partial charge in [0.15, 0.2) is 0 Å². The third kappa shape index (κ3) is 3.55. The Morgan fingerprint density at radius 3 is 2.69 bits per heavy atom. The first kappa shape index (κ1) is 14.2. The summed E-state index contributed by atoms with van der Waals surface area (Å²) in [7, 11) is 1.70. The second kappa shape index (κ2) is 6.74. The van der Waals surface area contributed by atoms with Crippen LogP contribution in [0.5, 0.6) is 0 Å². The minimum atomic E-state index is 0.382. The maximum Gasteiger partial charge on any atom is 0.139 e. The zero-order valence-electron chi connectivity index (χ0n) is 9.76. The summed E-state index contributed by atoms with van der Waals surface area (Å²) < 4.78 is 8.98. The molecule has 0 atom stereocenters. The van der Waals surface area contributed by atoms with Gasteiger partial charge in [0.1, 0.15) is 15.0 Å². The van der Waals surface area contributed by atoms with Gasteiger partial charge in [-0.15, -0.1) is 0 Å². The smallest absolute Gasteiger partial charge is 0.139 e. The second-order valence-corrected chi connectivity index (χ2v) is 5.25. The molecule has 0 fully saturated rings. The van der Waals surface area contributed by atoms with Crippen LogP contribution in [0.1, 0.15) is 25.7 Å². The van der Waals surface area contributed by atoms with Gasteiger partial charge in [-0.2, -0.15) is 0 Å². The quantitative estimate of drug-likeness (QED) is 0.798. The highest BCUT2D eigenvalue weighted by Gasteiger charge is 2.14. The predicted molar refractivity (Wildman–Crippen MR) is 71.6 cm³/mol. The summed E-state index contributed by atoms with van der Waals surface area (Å²) in [6, 6.07) is 0.382. The lowest BCUT2D eigenvalue weighted by Gasteiger charge is -2.13. The van der Waals surface area contributed by atoms with Crippen LogP contribution in [-0.2, 0) is 11.3 Å². The lowest BCUT2D eigenvalue weighted by molar-refractivity contribution is 0.198. The molecule has 1 aromatic rings. The normalized spacial score (nSPS) is 11.4. The molecule has 0 bridgehead atoms. The molecule has 0 spiro atoms. The van der Waals surface area contributed by atoms with Gasteiger partial charge in [0.25, 0.3) is 0 Å². The first-order chi connectivity index (χ1) is 7.57. The van der Waals surface area contributed by atoms with Gasteiger partial charge in [0.05, 0.1) is 13.2 Å². The third-order valence-electron chi connectivity index (χ3n) is 2.17. The van der Waals surface area contributed by atoms with E-state index in [1.54, 1.807) is 7.11 Å². The van der Waals surface area contributed by atoms with Crippen molar-refractivity contribution in [2.45, 2.75) is 26.4 Å². The molecule has 0 saturated heterocycles.